The minimum Gasteiger partial charge on any atom is -0.301 e. The Morgan fingerprint density at radius 1 is 1.19 bits per heavy atom. The Labute approximate surface area is 110 Å². The first-order chi connectivity index (χ1) is 7.43. The number of hydrogen-bond donors (Lipinski definition) is 0. The molecule has 0 fully saturated rings. The molecule has 0 saturated carbocycles. The van der Waals surface area contributed by atoms with Crippen molar-refractivity contribution in [1.29, 1.82) is 0 Å². The fraction of sp³-hybridized carbons (Fsp3) is 0.273. The first-order valence-corrected chi connectivity index (χ1v) is 6.39. The smallest absolute Gasteiger partial charge is 0.299 e. The molecule has 0 atom stereocenters. The summed E-state index contributed by atoms with van der Waals surface area (Å²) in [6.45, 7) is 3.77. The quantitative estimate of drug-likeness (QED) is 0.732. The molecule has 1 aliphatic heterocycles. The molecule has 5 heteroatoms. The van der Waals surface area contributed by atoms with Gasteiger partial charge in [0, 0.05) is 15.0 Å². The van der Waals surface area contributed by atoms with Gasteiger partial charge in [-0.15, -0.1) is 0 Å². The average Bonchev–Trinajstić information content (AvgIpc) is 2.42. The van der Waals surface area contributed by atoms with Gasteiger partial charge in [0.2, 0.25) is 0 Å². The van der Waals surface area contributed by atoms with Gasteiger partial charge in [-0.25, -0.2) is 0 Å². The van der Waals surface area contributed by atoms with Crippen LogP contribution in [0.1, 0.15) is 24.2 Å². The Balaban J connectivity index is 2.70. The van der Waals surface area contributed by atoms with Crippen LogP contribution in [-0.2, 0) is 4.79 Å². The van der Waals surface area contributed by atoms with Crippen LogP contribution in [-0.4, -0.2) is 17.7 Å². The highest BCUT2D eigenvalue weighted by Gasteiger charge is 2.38. The molecule has 0 aliphatic carbocycles. The summed E-state index contributed by atoms with van der Waals surface area (Å²) in [4.78, 5) is 25.1. The number of fused-ring (bicyclic) bond motifs is 1. The Kier molecular flexibility index (Phi) is 2.92. The lowest BCUT2D eigenvalue weighted by Crippen LogP contribution is -2.35. The van der Waals surface area contributed by atoms with Crippen LogP contribution in [0.5, 0.6) is 0 Å². The van der Waals surface area contributed by atoms with Gasteiger partial charge < -0.3 is 4.90 Å². The zero-order valence-electron chi connectivity index (χ0n) is 8.75. The predicted molar refractivity (Wildman–Crippen MR) is 68.8 cm³/mol. The van der Waals surface area contributed by atoms with Crippen LogP contribution in [0.2, 0.25) is 0 Å². The lowest BCUT2D eigenvalue weighted by Gasteiger charge is -2.21. The highest BCUT2D eigenvalue weighted by atomic mass is 79.9. The van der Waals surface area contributed by atoms with Crippen LogP contribution in [0.3, 0.4) is 0 Å². The van der Waals surface area contributed by atoms with Crippen molar-refractivity contribution in [3.8, 4) is 0 Å². The van der Waals surface area contributed by atoms with E-state index in [1.54, 1.807) is 6.07 Å². The fourth-order valence-corrected chi connectivity index (χ4v) is 3.22. The van der Waals surface area contributed by atoms with Crippen molar-refractivity contribution in [2.75, 3.05) is 4.90 Å². The molecule has 0 unspecified atom stereocenters. The molecule has 1 aromatic carbocycles. The second kappa shape index (κ2) is 3.96. The topological polar surface area (TPSA) is 37.4 Å². The zero-order valence-corrected chi connectivity index (χ0v) is 11.9. The molecule has 84 valence electrons. The number of nitrogens with zero attached hydrogens (tertiary/aromatic N) is 1. The molecule has 16 heavy (non-hydrogen) atoms. The minimum atomic E-state index is -0.455. The van der Waals surface area contributed by atoms with Gasteiger partial charge >= 0.3 is 0 Å². The second-order valence-corrected chi connectivity index (χ2v) is 5.65. The highest BCUT2D eigenvalue weighted by Crippen LogP contribution is 2.39. The highest BCUT2D eigenvalue weighted by molar-refractivity contribution is 9.11. The molecule has 0 saturated heterocycles. The Hall–Kier alpha value is -0.680. The standard InChI is InChI=1S/C11H9Br2NO2/c1-5(2)14-9-7(10(15)11(14)16)3-6(12)4-8(9)13/h3-5H,1-2H3. The van der Waals surface area contributed by atoms with Gasteiger partial charge in [0.15, 0.2) is 0 Å². The number of amides is 1. The number of benzene rings is 1. The molecular weight excluding hydrogens is 338 g/mol. The number of rotatable bonds is 1. The Morgan fingerprint density at radius 3 is 2.38 bits per heavy atom. The number of hydrogen-bond acceptors (Lipinski definition) is 2. The Bertz CT molecular complexity index is 497. The van der Waals surface area contributed by atoms with Crippen LogP contribution < -0.4 is 4.90 Å². The van der Waals surface area contributed by atoms with Gasteiger partial charge in [0.25, 0.3) is 11.7 Å². The summed E-state index contributed by atoms with van der Waals surface area (Å²) in [5.74, 6) is -0.894. The van der Waals surface area contributed by atoms with Gasteiger partial charge in [-0.05, 0) is 41.9 Å². The summed E-state index contributed by atoms with van der Waals surface area (Å²) in [6.07, 6.45) is 0. The largest absolute Gasteiger partial charge is 0.301 e. The third-order valence-electron chi connectivity index (χ3n) is 2.44. The van der Waals surface area contributed by atoms with E-state index in [-0.39, 0.29) is 6.04 Å². The van der Waals surface area contributed by atoms with Gasteiger partial charge in [-0.3, -0.25) is 9.59 Å². The molecule has 1 amide bonds. The van der Waals surface area contributed by atoms with Gasteiger partial charge in [0.1, 0.15) is 0 Å². The first kappa shape index (κ1) is 11.8. The molecule has 0 aromatic heterocycles. The van der Waals surface area contributed by atoms with Crippen molar-refractivity contribution >= 4 is 49.2 Å². The SMILES string of the molecule is CC(C)N1C(=O)C(=O)c2cc(Br)cc(Br)c21. The maximum atomic E-state index is 11.8. The number of carbonyl (C=O) groups excluding carboxylic acids is 2. The molecule has 1 aliphatic rings. The zero-order chi connectivity index (χ0) is 12.0. The average molecular weight is 347 g/mol. The van der Waals surface area contributed by atoms with Crippen molar-refractivity contribution in [3.63, 3.8) is 0 Å². The molecule has 1 aromatic rings. The van der Waals surface area contributed by atoms with Crippen LogP contribution in [0, 0.1) is 0 Å². The third kappa shape index (κ3) is 1.62. The number of halogens is 2. The molecule has 1 heterocycles. The Morgan fingerprint density at radius 2 is 1.81 bits per heavy atom. The number of ketones is 1. The number of Topliss-reactive ketones (excluding diaryl/α,β-unsaturated/α-hetero) is 1. The van der Waals surface area contributed by atoms with Gasteiger partial charge in [0.05, 0.1) is 11.3 Å². The van der Waals surface area contributed by atoms with E-state index in [1.807, 2.05) is 19.9 Å². The van der Waals surface area contributed by atoms with Crippen LogP contribution >= 0.6 is 31.9 Å². The number of carbonyl (C=O) groups is 2. The second-order valence-electron chi connectivity index (χ2n) is 3.88. The molecular formula is C11H9Br2NO2. The van der Waals surface area contributed by atoms with Crippen LogP contribution in [0.15, 0.2) is 21.1 Å². The lowest BCUT2D eigenvalue weighted by atomic mass is 10.1. The summed E-state index contributed by atoms with van der Waals surface area (Å²) in [5.41, 5.74) is 1.13. The number of anilines is 1. The van der Waals surface area contributed by atoms with E-state index >= 15 is 0 Å². The molecule has 0 bridgehead atoms. The van der Waals surface area contributed by atoms with Crippen LogP contribution in [0.4, 0.5) is 5.69 Å². The van der Waals surface area contributed by atoms with Gasteiger partial charge in [-0.1, -0.05) is 15.9 Å². The summed E-state index contributed by atoms with van der Waals surface area (Å²) in [7, 11) is 0. The molecule has 0 N–H and O–H groups in total. The normalized spacial score (nSPS) is 14.9. The molecule has 3 nitrogen and oxygen atoms in total. The summed E-state index contributed by atoms with van der Waals surface area (Å²) in [5, 5.41) is 0. The van der Waals surface area contributed by atoms with E-state index in [1.165, 1.54) is 4.90 Å². The van der Waals surface area contributed by atoms with E-state index < -0.39 is 11.7 Å². The maximum Gasteiger partial charge on any atom is 0.299 e. The van der Waals surface area contributed by atoms with E-state index in [4.69, 9.17) is 0 Å². The summed E-state index contributed by atoms with van der Waals surface area (Å²) >= 11 is 6.69. The molecule has 2 rings (SSSR count). The van der Waals surface area contributed by atoms with Crippen molar-refractivity contribution in [2.45, 2.75) is 19.9 Å². The molecule has 0 radical (unpaired) electrons. The van der Waals surface area contributed by atoms with Gasteiger partial charge in [-0.2, -0.15) is 0 Å². The van der Waals surface area contributed by atoms with Crippen molar-refractivity contribution in [1.82, 2.24) is 0 Å². The third-order valence-corrected chi connectivity index (χ3v) is 3.51. The van der Waals surface area contributed by atoms with E-state index in [9.17, 15) is 9.59 Å². The monoisotopic (exact) mass is 345 g/mol. The maximum absolute atomic E-state index is 11.8. The minimum absolute atomic E-state index is 0.0322. The van der Waals surface area contributed by atoms with E-state index in [2.05, 4.69) is 31.9 Å². The lowest BCUT2D eigenvalue weighted by molar-refractivity contribution is -0.114. The predicted octanol–water partition coefficient (Wildman–Crippen LogP) is 3.15. The van der Waals surface area contributed by atoms with Crippen molar-refractivity contribution < 1.29 is 9.59 Å². The fourth-order valence-electron chi connectivity index (χ4n) is 1.80. The first-order valence-electron chi connectivity index (χ1n) is 4.80. The summed E-state index contributed by atoms with van der Waals surface area (Å²) < 4.78 is 1.54. The van der Waals surface area contributed by atoms with Crippen LogP contribution in [0.25, 0.3) is 0 Å². The molecule has 0 spiro atoms. The van der Waals surface area contributed by atoms with E-state index in [0.29, 0.717) is 11.3 Å². The van der Waals surface area contributed by atoms with E-state index in [0.717, 1.165) is 8.95 Å². The van der Waals surface area contributed by atoms with Crippen molar-refractivity contribution in [3.05, 3.63) is 26.6 Å². The summed E-state index contributed by atoms with van der Waals surface area (Å²) in [6, 6.07) is 3.48. The van der Waals surface area contributed by atoms with Crippen molar-refractivity contribution in [2.24, 2.45) is 0 Å².